The lowest BCUT2D eigenvalue weighted by Gasteiger charge is -2.12. The van der Waals surface area contributed by atoms with Gasteiger partial charge in [0.25, 0.3) is 0 Å². The third-order valence-corrected chi connectivity index (χ3v) is 3.39. The van der Waals surface area contributed by atoms with Gasteiger partial charge in [0.1, 0.15) is 0 Å². The Morgan fingerprint density at radius 3 is 2.65 bits per heavy atom. The number of benzene rings is 1. The zero-order chi connectivity index (χ0) is 14.7. The van der Waals surface area contributed by atoms with E-state index in [9.17, 15) is 0 Å². The molecular formula is C16H22N4. The topological polar surface area (TPSA) is 63.8 Å². The van der Waals surface area contributed by atoms with Crippen molar-refractivity contribution in [1.29, 1.82) is 0 Å². The first kappa shape index (κ1) is 14.3. The van der Waals surface area contributed by atoms with E-state index in [2.05, 4.69) is 35.2 Å². The highest BCUT2D eigenvalue weighted by Crippen LogP contribution is 2.18. The quantitative estimate of drug-likeness (QED) is 0.836. The molecule has 1 aromatic carbocycles. The van der Waals surface area contributed by atoms with Gasteiger partial charge in [0.15, 0.2) is 0 Å². The molecule has 3 N–H and O–H groups in total. The summed E-state index contributed by atoms with van der Waals surface area (Å²) in [5.74, 6) is 1.07. The molecule has 0 atom stereocenters. The van der Waals surface area contributed by atoms with Gasteiger partial charge in [-0.1, -0.05) is 26.0 Å². The highest BCUT2D eigenvalue weighted by Gasteiger charge is 2.07. The Morgan fingerprint density at radius 1 is 1.20 bits per heavy atom. The van der Waals surface area contributed by atoms with Crippen LogP contribution in [0.2, 0.25) is 0 Å². The van der Waals surface area contributed by atoms with Crippen molar-refractivity contribution >= 4 is 11.6 Å². The summed E-state index contributed by atoms with van der Waals surface area (Å²) < 4.78 is 0. The molecule has 2 aromatic rings. The maximum absolute atomic E-state index is 5.92. The Labute approximate surface area is 120 Å². The highest BCUT2D eigenvalue weighted by molar-refractivity contribution is 5.50. The van der Waals surface area contributed by atoms with Crippen LogP contribution in [-0.4, -0.2) is 9.97 Å². The van der Waals surface area contributed by atoms with E-state index in [1.165, 1.54) is 5.56 Å². The van der Waals surface area contributed by atoms with Crippen LogP contribution in [0.15, 0.2) is 24.3 Å². The van der Waals surface area contributed by atoms with Gasteiger partial charge in [0.2, 0.25) is 5.95 Å². The second-order valence-corrected chi connectivity index (χ2v) is 5.40. The molecule has 0 radical (unpaired) electrons. The summed E-state index contributed by atoms with van der Waals surface area (Å²) in [6.45, 7) is 8.96. The Kier molecular flexibility index (Phi) is 4.23. The van der Waals surface area contributed by atoms with Gasteiger partial charge in [-0.3, -0.25) is 0 Å². The fourth-order valence-corrected chi connectivity index (χ4v) is 2.04. The summed E-state index contributed by atoms with van der Waals surface area (Å²) in [7, 11) is 0. The van der Waals surface area contributed by atoms with E-state index in [1.807, 2.05) is 32.0 Å². The Bertz CT molecular complexity index is 605. The highest BCUT2D eigenvalue weighted by atomic mass is 15.1. The number of rotatable bonds is 4. The summed E-state index contributed by atoms with van der Waals surface area (Å²) in [5.41, 5.74) is 11.1. The van der Waals surface area contributed by atoms with Gasteiger partial charge in [0, 0.05) is 23.6 Å². The van der Waals surface area contributed by atoms with E-state index in [-0.39, 0.29) is 0 Å². The van der Waals surface area contributed by atoms with Crippen LogP contribution in [0, 0.1) is 13.8 Å². The van der Waals surface area contributed by atoms with Gasteiger partial charge in [-0.05, 0) is 43.0 Å². The van der Waals surface area contributed by atoms with Crippen LogP contribution in [0.5, 0.6) is 0 Å². The molecule has 106 valence electrons. The van der Waals surface area contributed by atoms with Gasteiger partial charge in [-0.15, -0.1) is 0 Å². The van der Waals surface area contributed by atoms with Crippen LogP contribution < -0.4 is 11.1 Å². The number of nitrogen functional groups attached to an aromatic ring is 1. The average molecular weight is 270 g/mol. The third-order valence-electron chi connectivity index (χ3n) is 3.39. The van der Waals surface area contributed by atoms with Crippen molar-refractivity contribution in [3.05, 3.63) is 46.8 Å². The van der Waals surface area contributed by atoms with Crippen molar-refractivity contribution in [3.8, 4) is 0 Å². The molecule has 1 aromatic heterocycles. The first-order valence-electron chi connectivity index (χ1n) is 6.90. The van der Waals surface area contributed by atoms with Gasteiger partial charge < -0.3 is 11.1 Å². The number of aryl methyl sites for hydroxylation is 1. The number of anilines is 2. The minimum Gasteiger partial charge on any atom is -0.399 e. The van der Waals surface area contributed by atoms with Crippen LogP contribution in [0.25, 0.3) is 0 Å². The van der Waals surface area contributed by atoms with E-state index < -0.39 is 0 Å². The van der Waals surface area contributed by atoms with Crippen molar-refractivity contribution in [2.45, 2.75) is 40.2 Å². The Balaban J connectivity index is 2.16. The standard InChI is InChI=1S/C16H22N4/c1-10(2)15-8-11(3)19-16(20-15)18-9-13-6-5-7-14(17)12(13)4/h5-8,10H,9,17H2,1-4H3,(H,18,19,20). The van der Waals surface area contributed by atoms with Gasteiger partial charge in [0.05, 0.1) is 0 Å². The van der Waals surface area contributed by atoms with Crippen LogP contribution in [0.1, 0.15) is 42.3 Å². The molecule has 4 nitrogen and oxygen atoms in total. The molecule has 0 saturated carbocycles. The Morgan fingerprint density at radius 2 is 1.95 bits per heavy atom. The number of aromatic nitrogens is 2. The van der Waals surface area contributed by atoms with Crippen LogP contribution in [-0.2, 0) is 6.54 Å². The van der Waals surface area contributed by atoms with Gasteiger partial charge >= 0.3 is 0 Å². The van der Waals surface area contributed by atoms with Crippen LogP contribution >= 0.6 is 0 Å². The zero-order valence-electron chi connectivity index (χ0n) is 12.6. The molecule has 0 fully saturated rings. The second-order valence-electron chi connectivity index (χ2n) is 5.40. The van der Waals surface area contributed by atoms with E-state index in [4.69, 9.17) is 5.73 Å². The second kappa shape index (κ2) is 5.90. The molecule has 2 rings (SSSR count). The lowest BCUT2D eigenvalue weighted by Crippen LogP contribution is -2.08. The Hall–Kier alpha value is -2.10. The minimum atomic E-state index is 0.395. The van der Waals surface area contributed by atoms with Crippen molar-refractivity contribution in [3.63, 3.8) is 0 Å². The van der Waals surface area contributed by atoms with E-state index in [1.54, 1.807) is 0 Å². The van der Waals surface area contributed by atoms with Crippen molar-refractivity contribution in [2.75, 3.05) is 11.1 Å². The van der Waals surface area contributed by atoms with Crippen molar-refractivity contribution in [2.24, 2.45) is 0 Å². The molecule has 0 unspecified atom stereocenters. The minimum absolute atomic E-state index is 0.395. The zero-order valence-corrected chi connectivity index (χ0v) is 12.6. The summed E-state index contributed by atoms with van der Waals surface area (Å²) in [5, 5.41) is 3.29. The molecule has 0 aliphatic carbocycles. The van der Waals surface area contributed by atoms with Crippen LogP contribution in [0.4, 0.5) is 11.6 Å². The normalized spacial score (nSPS) is 10.8. The average Bonchev–Trinajstić information content (AvgIpc) is 2.40. The summed E-state index contributed by atoms with van der Waals surface area (Å²) in [6.07, 6.45) is 0. The summed E-state index contributed by atoms with van der Waals surface area (Å²) in [4.78, 5) is 8.98. The fraction of sp³-hybridized carbons (Fsp3) is 0.375. The summed E-state index contributed by atoms with van der Waals surface area (Å²) >= 11 is 0. The largest absolute Gasteiger partial charge is 0.399 e. The molecule has 0 saturated heterocycles. The van der Waals surface area contributed by atoms with Gasteiger partial charge in [-0.2, -0.15) is 0 Å². The maximum atomic E-state index is 5.92. The van der Waals surface area contributed by atoms with Crippen molar-refractivity contribution in [1.82, 2.24) is 9.97 Å². The summed E-state index contributed by atoms with van der Waals surface area (Å²) in [6, 6.07) is 7.98. The number of nitrogens with one attached hydrogen (secondary N) is 1. The van der Waals surface area contributed by atoms with Crippen LogP contribution in [0.3, 0.4) is 0 Å². The molecule has 0 amide bonds. The first-order chi connectivity index (χ1) is 9.47. The third kappa shape index (κ3) is 3.26. The number of nitrogens with two attached hydrogens (primary N) is 1. The van der Waals surface area contributed by atoms with Crippen molar-refractivity contribution < 1.29 is 0 Å². The molecule has 0 spiro atoms. The predicted molar refractivity (Wildman–Crippen MR) is 83.8 cm³/mol. The molecule has 20 heavy (non-hydrogen) atoms. The lowest BCUT2D eigenvalue weighted by atomic mass is 10.1. The van der Waals surface area contributed by atoms with E-state index >= 15 is 0 Å². The van der Waals surface area contributed by atoms with E-state index in [0.717, 1.165) is 22.6 Å². The lowest BCUT2D eigenvalue weighted by molar-refractivity contribution is 0.808. The number of hydrogen-bond donors (Lipinski definition) is 2. The smallest absolute Gasteiger partial charge is 0.223 e. The van der Waals surface area contributed by atoms with Gasteiger partial charge in [-0.25, -0.2) is 9.97 Å². The number of hydrogen-bond acceptors (Lipinski definition) is 4. The molecular weight excluding hydrogens is 248 g/mol. The number of nitrogens with zero attached hydrogens (tertiary/aromatic N) is 2. The SMILES string of the molecule is Cc1cc(C(C)C)nc(NCc2cccc(N)c2C)n1. The van der Waals surface area contributed by atoms with E-state index in [0.29, 0.717) is 18.4 Å². The molecule has 0 bridgehead atoms. The molecule has 4 heteroatoms. The molecule has 1 heterocycles. The predicted octanol–water partition coefficient (Wildman–Crippen LogP) is 3.41. The monoisotopic (exact) mass is 270 g/mol. The molecule has 0 aliphatic rings. The maximum Gasteiger partial charge on any atom is 0.223 e. The fourth-order valence-electron chi connectivity index (χ4n) is 2.04. The first-order valence-corrected chi connectivity index (χ1v) is 6.90. The molecule has 0 aliphatic heterocycles.